The van der Waals surface area contributed by atoms with Gasteiger partial charge in [0, 0.05) is 19.6 Å². The van der Waals surface area contributed by atoms with Crippen molar-refractivity contribution in [3.8, 4) is 0 Å². The van der Waals surface area contributed by atoms with Crippen LogP contribution in [0, 0.1) is 0 Å². The molecular formula is C11H25N3O2S. The third-order valence-corrected chi connectivity index (χ3v) is 4.79. The Morgan fingerprint density at radius 3 is 2.53 bits per heavy atom. The Balaban J connectivity index is 2.29. The van der Waals surface area contributed by atoms with Gasteiger partial charge >= 0.3 is 0 Å². The van der Waals surface area contributed by atoms with Gasteiger partial charge in [0.1, 0.15) is 0 Å². The Morgan fingerprint density at radius 2 is 1.94 bits per heavy atom. The molecule has 0 bridgehead atoms. The number of hydrogen-bond donors (Lipinski definition) is 2. The van der Waals surface area contributed by atoms with Crippen LogP contribution in [0.2, 0.25) is 0 Å². The first-order valence-corrected chi connectivity index (χ1v) is 7.94. The van der Waals surface area contributed by atoms with E-state index in [1.54, 1.807) is 7.05 Å². The molecule has 6 heteroatoms. The van der Waals surface area contributed by atoms with E-state index < -0.39 is 10.2 Å². The molecule has 0 amide bonds. The van der Waals surface area contributed by atoms with Crippen molar-refractivity contribution in [3.63, 3.8) is 0 Å². The van der Waals surface area contributed by atoms with Crippen LogP contribution in [-0.4, -0.2) is 45.4 Å². The van der Waals surface area contributed by atoms with Crippen molar-refractivity contribution in [2.45, 2.75) is 45.1 Å². The molecule has 0 aliphatic heterocycles. The van der Waals surface area contributed by atoms with Gasteiger partial charge in [-0.2, -0.15) is 17.4 Å². The van der Waals surface area contributed by atoms with Crippen LogP contribution in [0.5, 0.6) is 0 Å². The van der Waals surface area contributed by atoms with Gasteiger partial charge in [-0.25, -0.2) is 0 Å². The standard InChI is InChI=1S/C11H25N3O2S/c1-3-12-9-6-10-14(2)17(15,16)13-11-7-4-5-8-11/h11-13H,3-10H2,1-2H3. The maximum absolute atomic E-state index is 11.9. The Bertz CT molecular complexity index is 300. The molecule has 17 heavy (non-hydrogen) atoms. The zero-order valence-electron chi connectivity index (χ0n) is 10.9. The zero-order valence-corrected chi connectivity index (χ0v) is 11.7. The maximum Gasteiger partial charge on any atom is 0.279 e. The third kappa shape index (κ3) is 5.33. The SMILES string of the molecule is CCNCCCN(C)S(=O)(=O)NC1CCCC1. The van der Waals surface area contributed by atoms with Crippen LogP contribution in [0.25, 0.3) is 0 Å². The summed E-state index contributed by atoms with van der Waals surface area (Å²) >= 11 is 0. The molecule has 5 nitrogen and oxygen atoms in total. The quantitative estimate of drug-likeness (QED) is 0.634. The molecule has 1 rings (SSSR count). The highest BCUT2D eigenvalue weighted by atomic mass is 32.2. The zero-order chi connectivity index (χ0) is 12.7. The fourth-order valence-electron chi connectivity index (χ4n) is 2.07. The minimum Gasteiger partial charge on any atom is -0.317 e. The van der Waals surface area contributed by atoms with Crippen LogP contribution in [0.1, 0.15) is 39.0 Å². The van der Waals surface area contributed by atoms with Gasteiger partial charge in [-0.1, -0.05) is 19.8 Å². The van der Waals surface area contributed by atoms with E-state index in [1.807, 2.05) is 6.92 Å². The second-order valence-corrected chi connectivity index (χ2v) is 6.44. The van der Waals surface area contributed by atoms with Gasteiger partial charge in [-0.3, -0.25) is 0 Å². The van der Waals surface area contributed by atoms with Gasteiger partial charge in [0.15, 0.2) is 0 Å². The summed E-state index contributed by atoms with van der Waals surface area (Å²) in [5.74, 6) is 0. The van der Waals surface area contributed by atoms with E-state index in [4.69, 9.17) is 0 Å². The molecule has 0 saturated heterocycles. The van der Waals surface area contributed by atoms with Crippen LogP contribution in [0.4, 0.5) is 0 Å². The Kier molecular flexibility index (Phi) is 6.40. The van der Waals surface area contributed by atoms with E-state index in [0.29, 0.717) is 6.54 Å². The summed E-state index contributed by atoms with van der Waals surface area (Å²) in [4.78, 5) is 0. The molecule has 0 spiro atoms. The van der Waals surface area contributed by atoms with Crippen LogP contribution >= 0.6 is 0 Å². The highest BCUT2D eigenvalue weighted by Crippen LogP contribution is 2.18. The van der Waals surface area contributed by atoms with Gasteiger partial charge in [0.05, 0.1) is 0 Å². The van der Waals surface area contributed by atoms with Crippen molar-refractivity contribution in [1.29, 1.82) is 0 Å². The van der Waals surface area contributed by atoms with Crippen LogP contribution in [-0.2, 0) is 10.2 Å². The molecule has 0 atom stereocenters. The maximum atomic E-state index is 11.9. The third-order valence-electron chi connectivity index (χ3n) is 3.16. The Labute approximate surface area is 105 Å². The second-order valence-electron chi connectivity index (χ2n) is 4.63. The lowest BCUT2D eigenvalue weighted by Crippen LogP contribution is -2.43. The molecule has 0 aromatic rings. The van der Waals surface area contributed by atoms with Crippen molar-refractivity contribution in [3.05, 3.63) is 0 Å². The molecule has 0 aromatic heterocycles. The predicted octanol–water partition coefficient (Wildman–Crippen LogP) is 0.695. The molecular weight excluding hydrogens is 238 g/mol. The van der Waals surface area contributed by atoms with Crippen molar-refractivity contribution in [2.24, 2.45) is 0 Å². The lowest BCUT2D eigenvalue weighted by Gasteiger charge is -2.20. The van der Waals surface area contributed by atoms with Crippen molar-refractivity contribution in [2.75, 3.05) is 26.7 Å². The van der Waals surface area contributed by atoms with E-state index in [9.17, 15) is 8.42 Å². The van der Waals surface area contributed by atoms with Gasteiger partial charge in [0.2, 0.25) is 0 Å². The second kappa shape index (κ2) is 7.31. The molecule has 1 saturated carbocycles. The predicted molar refractivity (Wildman–Crippen MR) is 70.1 cm³/mol. The summed E-state index contributed by atoms with van der Waals surface area (Å²) in [5.41, 5.74) is 0. The minimum absolute atomic E-state index is 0.149. The molecule has 2 N–H and O–H groups in total. The van der Waals surface area contributed by atoms with Crippen LogP contribution in [0.15, 0.2) is 0 Å². The molecule has 1 aliphatic rings. The van der Waals surface area contributed by atoms with Gasteiger partial charge in [0.25, 0.3) is 10.2 Å². The number of rotatable bonds is 8. The topological polar surface area (TPSA) is 61.4 Å². The summed E-state index contributed by atoms with van der Waals surface area (Å²) in [6.45, 7) is 4.40. The van der Waals surface area contributed by atoms with E-state index >= 15 is 0 Å². The number of nitrogens with one attached hydrogen (secondary N) is 2. The number of nitrogens with zero attached hydrogens (tertiary/aromatic N) is 1. The smallest absolute Gasteiger partial charge is 0.279 e. The van der Waals surface area contributed by atoms with Gasteiger partial charge in [-0.05, 0) is 32.4 Å². The summed E-state index contributed by atoms with van der Waals surface area (Å²) in [6.07, 6.45) is 5.07. The molecule has 0 radical (unpaired) electrons. The number of hydrogen-bond acceptors (Lipinski definition) is 3. The fraction of sp³-hybridized carbons (Fsp3) is 1.00. The minimum atomic E-state index is -3.28. The molecule has 102 valence electrons. The average Bonchev–Trinajstić information content (AvgIpc) is 2.76. The van der Waals surface area contributed by atoms with E-state index in [2.05, 4.69) is 10.0 Å². The van der Waals surface area contributed by atoms with Crippen molar-refractivity contribution >= 4 is 10.2 Å². The summed E-state index contributed by atoms with van der Waals surface area (Å²) in [6, 6.07) is 0.149. The molecule has 0 heterocycles. The Morgan fingerprint density at radius 1 is 1.29 bits per heavy atom. The normalized spacial score (nSPS) is 18.1. The highest BCUT2D eigenvalue weighted by molar-refractivity contribution is 7.87. The Hall–Kier alpha value is -0.170. The van der Waals surface area contributed by atoms with Gasteiger partial charge in [-0.15, -0.1) is 0 Å². The summed E-state index contributed by atoms with van der Waals surface area (Å²) in [7, 11) is -1.63. The van der Waals surface area contributed by atoms with Crippen molar-refractivity contribution in [1.82, 2.24) is 14.3 Å². The molecule has 1 aliphatic carbocycles. The summed E-state index contributed by atoms with van der Waals surface area (Å²) in [5, 5.41) is 3.19. The van der Waals surface area contributed by atoms with E-state index in [-0.39, 0.29) is 6.04 Å². The van der Waals surface area contributed by atoms with Gasteiger partial charge < -0.3 is 5.32 Å². The average molecular weight is 263 g/mol. The first-order chi connectivity index (χ1) is 8.06. The monoisotopic (exact) mass is 263 g/mol. The molecule has 0 aromatic carbocycles. The lowest BCUT2D eigenvalue weighted by atomic mass is 10.3. The van der Waals surface area contributed by atoms with Crippen LogP contribution < -0.4 is 10.0 Å². The van der Waals surface area contributed by atoms with E-state index in [1.165, 1.54) is 4.31 Å². The molecule has 1 fully saturated rings. The lowest BCUT2D eigenvalue weighted by molar-refractivity contribution is 0.436. The summed E-state index contributed by atoms with van der Waals surface area (Å²) < 4.78 is 28.1. The largest absolute Gasteiger partial charge is 0.317 e. The van der Waals surface area contributed by atoms with E-state index in [0.717, 1.165) is 45.2 Å². The first kappa shape index (κ1) is 14.9. The fourth-order valence-corrected chi connectivity index (χ4v) is 3.27. The highest BCUT2D eigenvalue weighted by Gasteiger charge is 2.24. The molecule has 0 unspecified atom stereocenters. The van der Waals surface area contributed by atoms with Crippen molar-refractivity contribution < 1.29 is 8.42 Å². The first-order valence-electron chi connectivity index (χ1n) is 6.50. The van der Waals surface area contributed by atoms with Crippen LogP contribution in [0.3, 0.4) is 0 Å².